The molecule has 0 radical (unpaired) electrons. The Balaban J connectivity index is 1.55. The molecule has 4 aromatic carbocycles. The first-order chi connectivity index (χ1) is 14.6. The van der Waals surface area contributed by atoms with Crippen molar-refractivity contribution in [1.29, 1.82) is 0 Å². The fraction of sp³-hybridized carbons (Fsp3) is 0.120. The van der Waals surface area contributed by atoms with E-state index in [1.54, 1.807) is 7.11 Å². The van der Waals surface area contributed by atoms with E-state index in [9.17, 15) is 0 Å². The van der Waals surface area contributed by atoms with Gasteiger partial charge in [-0.05, 0) is 68.7 Å². The van der Waals surface area contributed by atoms with Gasteiger partial charge in [-0.15, -0.1) is 0 Å². The molecule has 0 fully saturated rings. The molecular formula is C25H21Br2NO2. The first kappa shape index (κ1) is 20.8. The maximum Gasteiger partial charge on any atom is 0.139 e. The SMILES string of the molecule is COc1ccc(NCc2cc(Br)cc(Br)c2OCc2cccc3ccccc23)cc1. The Bertz CT molecular complexity index is 1150. The molecule has 1 N–H and O–H groups in total. The molecule has 0 aliphatic rings. The van der Waals surface area contributed by atoms with E-state index >= 15 is 0 Å². The molecule has 0 saturated heterocycles. The lowest BCUT2D eigenvalue weighted by atomic mass is 10.1. The van der Waals surface area contributed by atoms with E-state index in [0.29, 0.717) is 13.2 Å². The van der Waals surface area contributed by atoms with Crippen LogP contribution in [0.5, 0.6) is 11.5 Å². The average Bonchev–Trinajstić information content (AvgIpc) is 2.77. The molecule has 0 amide bonds. The second-order valence-corrected chi connectivity index (χ2v) is 8.65. The van der Waals surface area contributed by atoms with E-state index in [1.165, 1.54) is 10.8 Å². The summed E-state index contributed by atoms with van der Waals surface area (Å²) in [5.74, 6) is 1.68. The predicted molar refractivity (Wildman–Crippen MR) is 130 cm³/mol. The fourth-order valence-corrected chi connectivity index (χ4v) is 4.81. The van der Waals surface area contributed by atoms with Gasteiger partial charge in [0.1, 0.15) is 18.1 Å². The number of halogens is 2. The molecule has 4 rings (SSSR count). The number of hydrogen-bond donors (Lipinski definition) is 1. The van der Waals surface area contributed by atoms with E-state index in [1.807, 2.05) is 30.3 Å². The molecule has 152 valence electrons. The third-order valence-corrected chi connectivity index (χ3v) is 5.96. The highest BCUT2D eigenvalue weighted by Crippen LogP contribution is 2.34. The van der Waals surface area contributed by atoms with E-state index in [-0.39, 0.29) is 0 Å². The Kier molecular flexibility index (Phi) is 6.60. The molecule has 30 heavy (non-hydrogen) atoms. The summed E-state index contributed by atoms with van der Waals surface area (Å²) in [6, 6.07) is 26.7. The molecular weight excluding hydrogens is 506 g/mol. The number of rotatable bonds is 7. The average molecular weight is 527 g/mol. The van der Waals surface area contributed by atoms with Gasteiger partial charge in [0.05, 0.1) is 11.6 Å². The molecule has 0 unspecified atom stereocenters. The minimum absolute atomic E-state index is 0.497. The summed E-state index contributed by atoms with van der Waals surface area (Å²) in [6.07, 6.45) is 0. The van der Waals surface area contributed by atoms with Gasteiger partial charge in [-0.2, -0.15) is 0 Å². The van der Waals surface area contributed by atoms with E-state index in [0.717, 1.165) is 37.3 Å². The molecule has 0 heterocycles. The third kappa shape index (κ3) is 4.79. The maximum absolute atomic E-state index is 6.31. The van der Waals surface area contributed by atoms with Gasteiger partial charge in [-0.1, -0.05) is 58.4 Å². The Morgan fingerprint density at radius 1 is 0.833 bits per heavy atom. The zero-order chi connectivity index (χ0) is 20.9. The smallest absolute Gasteiger partial charge is 0.139 e. The lowest BCUT2D eigenvalue weighted by molar-refractivity contribution is 0.302. The van der Waals surface area contributed by atoms with Gasteiger partial charge in [-0.3, -0.25) is 0 Å². The Labute approximate surface area is 193 Å². The van der Waals surface area contributed by atoms with Crippen LogP contribution < -0.4 is 14.8 Å². The van der Waals surface area contributed by atoms with Crippen LogP contribution in [0.4, 0.5) is 5.69 Å². The zero-order valence-electron chi connectivity index (χ0n) is 16.5. The number of nitrogens with one attached hydrogen (secondary N) is 1. The van der Waals surface area contributed by atoms with Crippen LogP contribution in [0.25, 0.3) is 10.8 Å². The summed E-state index contributed by atoms with van der Waals surface area (Å²) in [6.45, 7) is 1.13. The summed E-state index contributed by atoms with van der Waals surface area (Å²) in [4.78, 5) is 0. The summed E-state index contributed by atoms with van der Waals surface area (Å²) < 4.78 is 13.5. The highest BCUT2D eigenvalue weighted by Gasteiger charge is 2.12. The van der Waals surface area contributed by atoms with Crippen LogP contribution in [0.3, 0.4) is 0 Å². The molecule has 0 saturated carbocycles. The van der Waals surface area contributed by atoms with Crippen molar-refractivity contribution in [3.63, 3.8) is 0 Å². The quantitative estimate of drug-likeness (QED) is 0.269. The highest BCUT2D eigenvalue weighted by molar-refractivity contribution is 9.11. The molecule has 0 bridgehead atoms. The monoisotopic (exact) mass is 525 g/mol. The van der Waals surface area contributed by atoms with Gasteiger partial charge in [0, 0.05) is 22.3 Å². The zero-order valence-corrected chi connectivity index (χ0v) is 19.7. The Morgan fingerprint density at radius 3 is 2.40 bits per heavy atom. The minimum Gasteiger partial charge on any atom is -0.497 e. The molecule has 3 nitrogen and oxygen atoms in total. The summed E-state index contributed by atoms with van der Waals surface area (Å²) in [5, 5.41) is 5.89. The van der Waals surface area contributed by atoms with Gasteiger partial charge >= 0.3 is 0 Å². The fourth-order valence-electron chi connectivity index (χ4n) is 3.38. The number of methoxy groups -OCH3 is 1. The van der Waals surface area contributed by atoms with Gasteiger partial charge in [0.2, 0.25) is 0 Å². The lowest BCUT2D eigenvalue weighted by Crippen LogP contribution is -2.05. The van der Waals surface area contributed by atoms with Crippen LogP contribution in [0.1, 0.15) is 11.1 Å². The lowest BCUT2D eigenvalue weighted by Gasteiger charge is -2.16. The maximum atomic E-state index is 6.31. The second-order valence-electron chi connectivity index (χ2n) is 6.88. The molecule has 0 atom stereocenters. The summed E-state index contributed by atoms with van der Waals surface area (Å²) in [7, 11) is 1.67. The van der Waals surface area contributed by atoms with Crippen LogP contribution in [0, 0.1) is 0 Å². The summed E-state index contributed by atoms with van der Waals surface area (Å²) in [5.41, 5.74) is 3.25. The molecule has 0 aliphatic carbocycles. The third-order valence-electron chi connectivity index (χ3n) is 4.91. The van der Waals surface area contributed by atoms with Crippen molar-refractivity contribution < 1.29 is 9.47 Å². The van der Waals surface area contributed by atoms with Crippen LogP contribution in [-0.2, 0) is 13.2 Å². The second kappa shape index (κ2) is 9.54. The van der Waals surface area contributed by atoms with Crippen molar-refractivity contribution in [3.05, 3.63) is 98.9 Å². The van der Waals surface area contributed by atoms with Crippen LogP contribution in [-0.4, -0.2) is 7.11 Å². The summed E-state index contributed by atoms with van der Waals surface area (Å²) >= 11 is 7.26. The van der Waals surface area contributed by atoms with Gasteiger partial charge in [0.25, 0.3) is 0 Å². The van der Waals surface area contributed by atoms with Gasteiger partial charge in [0.15, 0.2) is 0 Å². The molecule has 0 spiro atoms. The molecule has 0 aliphatic heterocycles. The first-order valence-electron chi connectivity index (χ1n) is 9.59. The van der Waals surface area contributed by atoms with E-state index in [2.05, 4.69) is 85.7 Å². The minimum atomic E-state index is 0.497. The van der Waals surface area contributed by atoms with Crippen molar-refractivity contribution >= 4 is 48.3 Å². The normalized spacial score (nSPS) is 10.8. The van der Waals surface area contributed by atoms with E-state index in [4.69, 9.17) is 9.47 Å². The van der Waals surface area contributed by atoms with Crippen molar-refractivity contribution in [2.75, 3.05) is 12.4 Å². The number of fused-ring (bicyclic) bond motifs is 1. The van der Waals surface area contributed by atoms with Crippen LogP contribution >= 0.6 is 31.9 Å². The number of benzene rings is 4. The van der Waals surface area contributed by atoms with Crippen molar-refractivity contribution in [2.24, 2.45) is 0 Å². The molecule has 0 aromatic heterocycles. The predicted octanol–water partition coefficient (Wildman–Crippen LogP) is 7.56. The van der Waals surface area contributed by atoms with Crippen LogP contribution in [0.15, 0.2) is 87.8 Å². The number of hydrogen-bond acceptors (Lipinski definition) is 3. The van der Waals surface area contributed by atoms with Gasteiger partial charge < -0.3 is 14.8 Å². The molecule has 4 aromatic rings. The first-order valence-corrected chi connectivity index (χ1v) is 11.2. The molecule has 5 heteroatoms. The number of ether oxygens (including phenoxy) is 2. The number of anilines is 1. The van der Waals surface area contributed by atoms with Gasteiger partial charge in [-0.25, -0.2) is 0 Å². The largest absolute Gasteiger partial charge is 0.497 e. The Morgan fingerprint density at radius 2 is 1.60 bits per heavy atom. The van der Waals surface area contributed by atoms with Crippen molar-refractivity contribution in [1.82, 2.24) is 0 Å². The Hall–Kier alpha value is -2.50. The van der Waals surface area contributed by atoms with E-state index < -0.39 is 0 Å². The van der Waals surface area contributed by atoms with Crippen LogP contribution in [0.2, 0.25) is 0 Å². The van der Waals surface area contributed by atoms with Crippen molar-refractivity contribution in [2.45, 2.75) is 13.2 Å². The van der Waals surface area contributed by atoms with Crippen molar-refractivity contribution in [3.8, 4) is 11.5 Å². The standard InChI is InChI=1S/C25H21Br2NO2/c1-29-22-11-9-21(10-12-22)28-15-19-13-20(26)14-24(27)25(19)30-16-18-7-4-6-17-5-2-3-8-23(17)18/h2-14,28H,15-16H2,1H3. The topological polar surface area (TPSA) is 30.5 Å². The highest BCUT2D eigenvalue weighted by atomic mass is 79.9.